The summed E-state index contributed by atoms with van der Waals surface area (Å²) in [4.78, 5) is 4.66. The molecule has 13 heavy (non-hydrogen) atoms. The van der Waals surface area contributed by atoms with E-state index in [4.69, 9.17) is 0 Å². The van der Waals surface area contributed by atoms with Crippen LogP contribution in [0.1, 0.15) is 13.8 Å². The lowest BCUT2D eigenvalue weighted by Gasteiger charge is -2.24. The van der Waals surface area contributed by atoms with Gasteiger partial charge in [-0.25, -0.2) is 0 Å². The maximum atomic E-state index is 9.23. The van der Waals surface area contributed by atoms with Gasteiger partial charge in [-0.05, 0) is 27.9 Å². The molecule has 2 atom stereocenters. The number of aliphatic hydroxyl groups excluding tert-OH is 1. The maximum absolute atomic E-state index is 9.23. The highest BCUT2D eigenvalue weighted by molar-refractivity contribution is 4.89. The molecule has 3 nitrogen and oxygen atoms in total. The Morgan fingerprint density at radius 1 is 1.38 bits per heavy atom. The summed E-state index contributed by atoms with van der Waals surface area (Å²) in [7, 11) is 4.19. The molecule has 1 rings (SSSR count). The second-order valence-electron chi connectivity index (χ2n) is 4.52. The quantitative estimate of drug-likeness (QED) is 0.684. The van der Waals surface area contributed by atoms with Crippen molar-refractivity contribution in [3.63, 3.8) is 0 Å². The van der Waals surface area contributed by atoms with Crippen molar-refractivity contribution < 1.29 is 5.11 Å². The van der Waals surface area contributed by atoms with E-state index in [0.717, 1.165) is 13.1 Å². The van der Waals surface area contributed by atoms with Crippen LogP contribution in [0, 0.1) is 5.92 Å². The third-order valence-corrected chi connectivity index (χ3v) is 3.06. The molecule has 0 bridgehead atoms. The Labute approximate surface area is 81.3 Å². The van der Waals surface area contributed by atoms with Crippen molar-refractivity contribution in [2.24, 2.45) is 5.92 Å². The molecule has 0 aliphatic carbocycles. The van der Waals surface area contributed by atoms with Gasteiger partial charge in [0.15, 0.2) is 0 Å². The van der Waals surface area contributed by atoms with Gasteiger partial charge in [0.25, 0.3) is 0 Å². The predicted molar refractivity (Wildman–Crippen MR) is 54.8 cm³/mol. The summed E-state index contributed by atoms with van der Waals surface area (Å²) in [6, 6.07) is 1.12. The van der Waals surface area contributed by atoms with E-state index in [2.05, 4.69) is 37.7 Å². The Morgan fingerprint density at radius 3 is 2.31 bits per heavy atom. The predicted octanol–water partition coefficient (Wildman–Crippen LogP) is 0.249. The molecule has 1 fully saturated rings. The minimum atomic E-state index is 0.312. The Hall–Kier alpha value is -0.120. The maximum Gasteiger partial charge on any atom is 0.0487 e. The SMILES string of the molecule is CC(C)N1CC(CO)C(N(C)C)C1. The molecule has 1 aliphatic rings. The third-order valence-electron chi connectivity index (χ3n) is 3.06. The fraction of sp³-hybridized carbons (Fsp3) is 1.00. The highest BCUT2D eigenvalue weighted by atomic mass is 16.3. The monoisotopic (exact) mass is 186 g/mol. The summed E-state index contributed by atoms with van der Waals surface area (Å²) in [5.74, 6) is 0.428. The first kappa shape index (κ1) is 11.0. The first-order valence-electron chi connectivity index (χ1n) is 5.07. The van der Waals surface area contributed by atoms with E-state index >= 15 is 0 Å². The van der Waals surface area contributed by atoms with Crippen LogP contribution in [0.25, 0.3) is 0 Å². The Morgan fingerprint density at radius 2 is 2.00 bits per heavy atom. The van der Waals surface area contributed by atoms with Gasteiger partial charge < -0.3 is 10.0 Å². The molecule has 1 saturated heterocycles. The zero-order valence-electron chi connectivity index (χ0n) is 9.20. The van der Waals surface area contributed by atoms with Crippen LogP contribution in [-0.2, 0) is 0 Å². The molecule has 2 unspecified atom stereocenters. The minimum Gasteiger partial charge on any atom is -0.396 e. The van der Waals surface area contributed by atoms with Crippen molar-refractivity contribution in [2.45, 2.75) is 25.9 Å². The number of likely N-dealkylation sites (N-methyl/N-ethyl adjacent to an activating group) is 1. The van der Waals surface area contributed by atoms with Gasteiger partial charge in [-0.15, -0.1) is 0 Å². The van der Waals surface area contributed by atoms with Crippen molar-refractivity contribution in [2.75, 3.05) is 33.8 Å². The van der Waals surface area contributed by atoms with Crippen LogP contribution in [0.15, 0.2) is 0 Å². The molecule has 1 aliphatic heterocycles. The van der Waals surface area contributed by atoms with Gasteiger partial charge in [-0.3, -0.25) is 4.90 Å². The summed E-state index contributed by atoms with van der Waals surface area (Å²) < 4.78 is 0. The number of rotatable bonds is 3. The van der Waals surface area contributed by atoms with Crippen LogP contribution in [0.5, 0.6) is 0 Å². The summed E-state index contributed by atoms with van der Waals surface area (Å²) in [5.41, 5.74) is 0. The fourth-order valence-electron chi connectivity index (χ4n) is 2.07. The van der Waals surface area contributed by atoms with E-state index in [1.54, 1.807) is 0 Å². The average Bonchev–Trinajstić information content (AvgIpc) is 2.47. The molecular formula is C10H22N2O. The highest BCUT2D eigenvalue weighted by Crippen LogP contribution is 2.21. The largest absolute Gasteiger partial charge is 0.396 e. The highest BCUT2D eigenvalue weighted by Gasteiger charge is 2.34. The number of likely N-dealkylation sites (tertiary alicyclic amines) is 1. The van der Waals surface area contributed by atoms with Crippen molar-refractivity contribution in [3.8, 4) is 0 Å². The smallest absolute Gasteiger partial charge is 0.0487 e. The van der Waals surface area contributed by atoms with Gasteiger partial charge in [-0.1, -0.05) is 0 Å². The molecule has 1 N–H and O–H groups in total. The average molecular weight is 186 g/mol. The zero-order chi connectivity index (χ0) is 10.0. The molecule has 3 heteroatoms. The fourth-order valence-corrected chi connectivity index (χ4v) is 2.07. The second kappa shape index (κ2) is 4.40. The number of aliphatic hydroxyl groups is 1. The van der Waals surface area contributed by atoms with Crippen LogP contribution < -0.4 is 0 Å². The van der Waals surface area contributed by atoms with Crippen LogP contribution in [-0.4, -0.2) is 60.8 Å². The molecular weight excluding hydrogens is 164 g/mol. The molecule has 0 aromatic carbocycles. The van der Waals surface area contributed by atoms with Gasteiger partial charge in [0.1, 0.15) is 0 Å². The lowest BCUT2D eigenvalue weighted by atomic mass is 10.0. The lowest BCUT2D eigenvalue weighted by Crippen LogP contribution is -2.37. The van der Waals surface area contributed by atoms with Gasteiger partial charge >= 0.3 is 0 Å². The topological polar surface area (TPSA) is 26.7 Å². The van der Waals surface area contributed by atoms with Crippen molar-refractivity contribution in [3.05, 3.63) is 0 Å². The van der Waals surface area contributed by atoms with Gasteiger partial charge in [0, 0.05) is 37.7 Å². The third kappa shape index (κ3) is 2.42. The normalized spacial score (nSPS) is 30.7. The molecule has 0 radical (unpaired) electrons. The van der Waals surface area contributed by atoms with Crippen LogP contribution in [0.2, 0.25) is 0 Å². The molecule has 0 amide bonds. The number of nitrogens with zero attached hydrogens (tertiary/aromatic N) is 2. The van der Waals surface area contributed by atoms with Gasteiger partial charge in [0.2, 0.25) is 0 Å². The van der Waals surface area contributed by atoms with Crippen molar-refractivity contribution >= 4 is 0 Å². The van der Waals surface area contributed by atoms with Crippen molar-refractivity contribution in [1.29, 1.82) is 0 Å². The van der Waals surface area contributed by atoms with Crippen LogP contribution in [0.3, 0.4) is 0 Å². The molecule has 0 saturated carbocycles. The number of hydrogen-bond acceptors (Lipinski definition) is 3. The van der Waals surface area contributed by atoms with Crippen LogP contribution in [0.4, 0.5) is 0 Å². The van der Waals surface area contributed by atoms with E-state index in [0.29, 0.717) is 24.6 Å². The standard InChI is InChI=1S/C10H22N2O/c1-8(2)12-5-9(7-13)10(6-12)11(3)4/h8-10,13H,5-7H2,1-4H3. The molecule has 78 valence electrons. The second-order valence-corrected chi connectivity index (χ2v) is 4.52. The van der Waals surface area contributed by atoms with Gasteiger partial charge in [-0.2, -0.15) is 0 Å². The summed E-state index contributed by atoms with van der Waals surface area (Å²) in [6.45, 7) is 6.87. The molecule has 0 aromatic rings. The molecule has 0 aromatic heterocycles. The van der Waals surface area contributed by atoms with E-state index in [9.17, 15) is 5.11 Å². The van der Waals surface area contributed by atoms with E-state index < -0.39 is 0 Å². The first-order chi connectivity index (χ1) is 6.06. The molecule has 0 spiro atoms. The van der Waals surface area contributed by atoms with Crippen LogP contribution >= 0.6 is 0 Å². The Balaban J connectivity index is 2.56. The first-order valence-corrected chi connectivity index (χ1v) is 5.07. The zero-order valence-corrected chi connectivity index (χ0v) is 9.20. The molecule has 1 heterocycles. The van der Waals surface area contributed by atoms with Gasteiger partial charge in [0.05, 0.1) is 0 Å². The Bertz CT molecular complexity index is 159. The minimum absolute atomic E-state index is 0.312. The van der Waals surface area contributed by atoms with E-state index in [-0.39, 0.29) is 0 Å². The van der Waals surface area contributed by atoms with Crippen molar-refractivity contribution in [1.82, 2.24) is 9.80 Å². The number of hydrogen-bond donors (Lipinski definition) is 1. The summed E-state index contributed by atoms with van der Waals surface area (Å²) in [5, 5.41) is 9.23. The summed E-state index contributed by atoms with van der Waals surface area (Å²) >= 11 is 0. The Kier molecular flexibility index (Phi) is 3.71. The lowest BCUT2D eigenvalue weighted by molar-refractivity contribution is 0.167. The van der Waals surface area contributed by atoms with E-state index in [1.165, 1.54) is 0 Å². The van der Waals surface area contributed by atoms with E-state index in [1.807, 2.05) is 0 Å². The summed E-state index contributed by atoms with van der Waals surface area (Å²) in [6.07, 6.45) is 0.